The molecule has 0 radical (unpaired) electrons. The van der Waals surface area contributed by atoms with Crippen LogP contribution in [0.4, 0.5) is 0 Å². The van der Waals surface area contributed by atoms with Crippen LogP contribution in [0.15, 0.2) is 48.0 Å². The number of guanidine groups is 1. The van der Waals surface area contributed by atoms with E-state index >= 15 is 0 Å². The maximum atomic E-state index is 9.34. The third-order valence-electron chi connectivity index (χ3n) is 5.09. The molecule has 27 heavy (non-hydrogen) atoms. The number of nitrogens with one attached hydrogen (secondary N) is 2. The highest BCUT2D eigenvalue weighted by atomic mass is 16.5. The lowest BCUT2D eigenvalue weighted by Gasteiger charge is -2.27. The molecule has 1 aliphatic rings. The summed E-state index contributed by atoms with van der Waals surface area (Å²) >= 11 is 0. The maximum Gasteiger partial charge on any atom is 0.191 e. The number of benzene rings is 1. The Labute approximate surface area is 160 Å². The van der Waals surface area contributed by atoms with Gasteiger partial charge in [0.25, 0.3) is 0 Å². The minimum absolute atomic E-state index is 0.00133. The smallest absolute Gasteiger partial charge is 0.191 e. The summed E-state index contributed by atoms with van der Waals surface area (Å²) in [5.74, 6) is 0.765. The molecular weight excluding hydrogens is 342 g/mol. The molecule has 2 heterocycles. The summed E-state index contributed by atoms with van der Waals surface area (Å²) < 4.78 is 7.59. The molecule has 2 aromatic rings. The van der Waals surface area contributed by atoms with Crippen molar-refractivity contribution in [3.8, 4) is 0 Å². The highest BCUT2D eigenvalue weighted by molar-refractivity contribution is 5.79. The topological polar surface area (TPSA) is 83.7 Å². The van der Waals surface area contributed by atoms with Crippen molar-refractivity contribution in [1.82, 2.24) is 20.2 Å². The van der Waals surface area contributed by atoms with Crippen LogP contribution in [-0.4, -0.2) is 54.0 Å². The molecule has 0 spiro atoms. The molecule has 7 nitrogen and oxygen atoms in total. The first-order valence-electron chi connectivity index (χ1n) is 9.40. The summed E-state index contributed by atoms with van der Waals surface area (Å²) in [4.78, 5) is 8.37. The molecule has 3 rings (SSSR count). The molecule has 1 aromatic heterocycles. The number of imidazole rings is 1. The highest BCUT2D eigenvalue weighted by Crippen LogP contribution is 2.31. The van der Waals surface area contributed by atoms with Gasteiger partial charge in [0.15, 0.2) is 5.96 Å². The molecule has 1 unspecified atom stereocenters. The zero-order valence-electron chi connectivity index (χ0n) is 15.9. The van der Waals surface area contributed by atoms with Crippen LogP contribution in [0, 0.1) is 5.41 Å². The van der Waals surface area contributed by atoms with E-state index in [-0.39, 0.29) is 12.0 Å². The van der Waals surface area contributed by atoms with Crippen molar-refractivity contribution in [1.29, 1.82) is 0 Å². The van der Waals surface area contributed by atoms with Crippen molar-refractivity contribution in [2.45, 2.75) is 25.9 Å². The molecule has 1 aromatic carbocycles. The molecule has 1 fully saturated rings. The van der Waals surface area contributed by atoms with Crippen LogP contribution < -0.4 is 10.6 Å². The number of aliphatic imine (C=N–C) groups is 1. The fourth-order valence-electron chi connectivity index (χ4n) is 3.34. The van der Waals surface area contributed by atoms with Crippen LogP contribution in [0.1, 0.15) is 24.0 Å². The number of ether oxygens (including phenoxy) is 1. The second-order valence-electron chi connectivity index (χ2n) is 7.11. The molecule has 0 saturated carbocycles. The van der Waals surface area contributed by atoms with Gasteiger partial charge in [0, 0.05) is 57.7 Å². The van der Waals surface area contributed by atoms with Gasteiger partial charge in [0.2, 0.25) is 0 Å². The number of nitrogens with zero attached hydrogens (tertiary/aromatic N) is 3. The van der Waals surface area contributed by atoms with Crippen molar-refractivity contribution in [3.63, 3.8) is 0 Å². The Morgan fingerprint density at radius 3 is 2.74 bits per heavy atom. The van der Waals surface area contributed by atoms with Crippen LogP contribution in [-0.2, 0) is 17.8 Å². The van der Waals surface area contributed by atoms with Crippen LogP contribution in [0.2, 0.25) is 0 Å². The molecule has 1 atom stereocenters. The molecule has 1 saturated heterocycles. The maximum absolute atomic E-state index is 9.34. The first-order valence-corrected chi connectivity index (χ1v) is 9.40. The Morgan fingerprint density at radius 1 is 1.30 bits per heavy atom. The first-order chi connectivity index (χ1) is 13.2. The predicted molar refractivity (Wildman–Crippen MR) is 106 cm³/mol. The number of rotatable bonds is 8. The minimum atomic E-state index is 0.00133. The van der Waals surface area contributed by atoms with E-state index in [1.807, 2.05) is 17.1 Å². The van der Waals surface area contributed by atoms with E-state index in [0.717, 1.165) is 38.5 Å². The van der Waals surface area contributed by atoms with Gasteiger partial charge in [-0.1, -0.05) is 24.3 Å². The number of hydrogen-bond acceptors (Lipinski definition) is 4. The number of hydrogen-bond donors (Lipinski definition) is 3. The summed E-state index contributed by atoms with van der Waals surface area (Å²) in [6.07, 6.45) is 7.29. The van der Waals surface area contributed by atoms with Crippen molar-refractivity contribution in [3.05, 3.63) is 54.1 Å². The van der Waals surface area contributed by atoms with E-state index in [0.29, 0.717) is 13.2 Å². The molecule has 1 aliphatic heterocycles. The van der Waals surface area contributed by atoms with E-state index < -0.39 is 0 Å². The average Bonchev–Trinajstić information content (AvgIpc) is 3.36. The van der Waals surface area contributed by atoms with Crippen molar-refractivity contribution in [2.24, 2.45) is 10.4 Å². The Bertz CT molecular complexity index is 706. The molecular formula is C20H29N5O2. The Kier molecular flexibility index (Phi) is 6.84. The van der Waals surface area contributed by atoms with Gasteiger partial charge in [-0.05, 0) is 24.0 Å². The zero-order valence-corrected chi connectivity index (χ0v) is 15.9. The lowest BCUT2D eigenvalue weighted by atomic mass is 9.84. The van der Waals surface area contributed by atoms with E-state index in [1.165, 1.54) is 11.1 Å². The van der Waals surface area contributed by atoms with E-state index in [1.54, 1.807) is 13.2 Å². The Morgan fingerprint density at radius 2 is 2.11 bits per heavy atom. The summed E-state index contributed by atoms with van der Waals surface area (Å²) in [7, 11) is 1.77. The predicted octanol–water partition coefficient (Wildman–Crippen LogP) is 1.39. The van der Waals surface area contributed by atoms with Crippen molar-refractivity contribution >= 4 is 5.96 Å². The number of aliphatic hydroxyl groups excluding tert-OH is 1. The summed E-state index contributed by atoms with van der Waals surface area (Å²) in [5.41, 5.74) is 2.44. The standard InChI is InChI=1S/C20H29N5O2/c1-21-19(24-14-20(6-10-26)7-11-27-15-20)23-12-17-2-4-18(5-3-17)13-25-9-8-22-16-25/h2-5,8-9,16,26H,6-7,10-15H2,1H3,(H2,21,23,24). The molecule has 0 bridgehead atoms. The van der Waals surface area contributed by atoms with Gasteiger partial charge in [0.1, 0.15) is 0 Å². The Balaban J connectivity index is 1.47. The third-order valence-corrected chi connectivity index (χ3v) is 5.09. The van der Waals surface area contributed by atoms with E-state index in [2.05, 4.69) is 44.9 Å². The lowest BCUT2D eigenvalue weighted by Crippen LogP contribution is -2.44. The second-order valence-corrected chi connectivity index (χ2v) is 7.11. The van der Waals surface area contributed by atoms with Crippen LogP contribution in [0.5, 0.6) is 0 Å². The van der Waals surface area contributed by atoms with Gasteiger partial charge in [-0.25, -0.2) is 4.98 Å². The van der Waals surface area contributed by atoms with Gasteiger partial charge in [0.05, 0.1) is 12.9 Å². The molecule has 146 valence electrons. The van der Waals surface area contributed by atoms with E-state index in [9.17, 15) is 5.11 Å². The van der Waals surface area contributed by atoms with Gasteiger partial charge >= 0.3 is 0 Å². The average molecular weight is 371 g/mol. The summed E-state index contributed by atoms with van der Waals surface area (Å²) in [5, 5.41) is 16.1. The van der Waals surface area contributed by atoms with Crippen LogP contribution in [0.3, 0.4) is 0 Å². The van der Waals surface area contributed by atoms with Crippen molar-refractivity contribution < 1.29 is 9.84 Å². The third kappa shape index (κ3) is 5.55. The largest absolute Gasteiger partial charge is 0.396 e. The highest BCUT2D eigenvalue weighted by Gasteiger charge is 2.34. The fraction of sp³-hybridized carbons (Fsp3) is 0.500. The minimum Gasteiger partial charge on any atom is -0.396 e. The Hall–Kier alpha value is -2.38. The van der Waals surface area contributed by atoms with E-state index in [4.69, 9.17) is 4.74 Å². The quantitative estimate of drug-likeness (QED) is 0.482. The van der Waals surface area contributed by atoms with Crippen LogP contribution in [0.25, 0.3) is 0 Å². The molecule has 3 N–H and O–H groups in total. The van der Waals surface area contributed by atoms with Crippen molar-refractivity contribution in [2.75, 3.05) is 33.4 Å². The van der Waals surface area contributed by atoms with Gasteiger partial charge in [-0.15, -0.1) is 0 Å². The molecule has 0 aliphatic carbocycles. The zero-order chi connectivity index (χ0) is 19.0. The second kappa shape index (κ2) is 9.53. The van der Waals surface area contributed by atoms with Crippen LogP contribution >= 0.6 is 0 Å². The summed E-state index contributed by atoms with van der Waals surface area (Å²) in [6, 6.07) is 8.54. The number of aromatic nitrogens is 2. The number of aliphatic hydroxyl groups is 1. The summed E-state index contributed by atoms with van der Waals surface area (Å²) in [6.45, 7) is 3.91. The normalized spacial score (nSPS) is 20.0. The first kappa shape index (κ1) is 19.4. The fourth-order valence-corrected chi connectivity index (χ4v) is 3.34. The monoisotopic (exact) mass is 371 g/mol. The van der Waals surface area contributed by atoms with Gasteiger partial charge in [-0.3, -0.25) is 4.99 Å². The van der Waals surface area contributed by atoms with Gasteiger partial charge < -0.3 is 25.0 Å². The lowest BCUT2D eigenvalue weighted by molar-refractivity contribution is 0.127. The molecule has 7 heteroatoms. The van der Waals surface area contributed by atoms with Gasteiger partial charge in [-0.2, -0.15) is 0 Å². The SMILES string of the molecule is CN=C(NCc1ccc(Cn2ccnc2)cc1)NCC1(CCO)CCOC1. The molecule has 0 amide bonds.